The number of anilines is 2. The lowest BCUT2D eigenvalue weighted by atomic mass is 10.1. The Hall–Kier alpha value is -2.56. The van der Waals surface area contributed by atoms with E-state index in [0.717, 1.165) is 37.3 Å². The van der Waals surface area contributed by atoms with Crippen molar-refractivity contribution in [2.45, 2.75) is 19.8 Å². The second-order valence-electron chi connectivity index (χ2n) is 6.64. The summed E-state index contributed by atoms with van der Waals surface area (Å²) in [7, 11) is 0. The number of benzene rings is 2. The number of piperazine rings is 1. The molecular weight excluding hydrogens is 329 g/mol. The minimum atomic E-state index is -0.226. The maximum atomic E-state index is 13.0. The van der Waals surface area contributed by atoms with E-state index in [1.807, 2.05) is 17.0 Å². The van der Waals surface area contributed by atoms with E-state index >= 15 is 0 Å². The standard InChI is InChI=1S/C21H26FN3O/c1-2-3-17-4-8-19(9-5-17)23-16-21(26)25-14-12-24(13-15-25)20-10-6-18(22)7-11-20/h4-11,23H,2-3,12-16H2,1H3. The first-order chi connectivity index (χ1) is 12.7. The maximum absolute atomic E-state index is 13.0. The number of nitrogens with zero attached hydrogens (tertiary/aromatic N) is 2. The summed E-state index contributed by atoms with van der Waals surface area (Å²) in [4.78, 5) is 16.5. The first kappa shape index (κ1) is 18.2. The van der Waals surface area contributed by atoms with E-state index in [0.29, 0.717) is 19.6 Å². The smallest absolute Gasteiger partial charge is 0.241 e. The number of hydrogen-bond donors (Lipinski definition) is 1. The highest BCUT2D eigenvalue weighted by Crippen LogP contribution is 2.17. The molecule has 4 nitrogen and oxygen atoms in total. The van der Waals surface area contributed by atoms with Crippen LogP contribution in [0.5, 0.6) is 0 Å². The molecule has 1 fully saturated rings. The van der Waals surface area contributed by atoms with Crippen LogP contribution in [0.25, 0.3) is 0 Å². The quantitative estimate of drug-likeness (QED) is 0.861. The Balaban J connectivity index is 1.45. The average molecular weight is 355 g/mol. The summed E-state index contributed by atoms with van der Waals surface area (Å²) < 4.78 is 13.0. The van der Waals surface area contributed by atoms with Gasteiger partial charge in [-0.1, -0.05) is 25.5 Å². The van der Waals surface area contributed by atoms with E-state index in [2.05, 4.69) is 29.3 Å². The number of aryl methyl sites for hydroxylation is 1. The highest BCUT2D eigenvalue weighted by Gasteiger charge is 2.21. The van der Waals surface area contributed by atoms with Gasteiger partial charge in [0, 0.05) is 37.6 Å². The number of amides is 1. The average Bonchev–Trinajstić information content (AvgIpc) is 2.68. The number of hydrogen-bond acceptors (Lipinski definition) is 3. The molecule has 2 aromatic carbocycles. The van der Waals surface area contributed by atoms with Crippen molar-refractivity contribution >= 4 is 17.3 Å². The molecular formula is C21H26FN3O. The Bertz CT molecular complexity index is 707. The fraction of sp³-hybridized carbons (Fsp3) is 0.381. The number of nitrogens with one attached hydrogen (secondary N) is 1. The monoisotopic (exact) mass is 355 g/mol. The predicted octanol–water partition coefficient (Wildman–Crippen LogP) is 3.54. The normalized spacial score (nSPS) is 14.4. The number of rotatable bonds is 6. The Morgan fingerprint density at radius 1 is 1.00 bits per heavy atom. The van der Waals surface area contributed by atoms with E-state index in [9.17, 15) is 9.18 Å². The Labute approximate surface area is 154 Å². The van der Waals surface area contributed by atoms with Crippen LogP contribution in [-0.2, 0) is 11.2 Å². The molecule has 0 atom stereocenters. The number of carbonyl (C=O) groups is 1. The largest absolute Gasteiger partial charge is 0.376 e. The van der Waals surface area contributed by atoms with Gasteiger partial charge < -0.3 is 15.1 Å². The minimum Gasteiger partial charge on any atom is -0.376 e. The van der Waals surface area contributed by atoms with Gasteiger partial charge in [0.05, 0.1) is 6.54 Å². The third-order valence-electron chi connectivity index (χ3n) is 4.76. The van der Waals surface area contributed by atoms with Gasteiger partial charge in [-0.3, -0.25) is 4.79 Å². The van der Waals surface area contributed by atoms with Gasteiger partial charge in [0.2, 0.25) is 5.91 Å². The second kappa shape index (κ2) is 8.70. The van der Waals surface area contributed by atoms with Crippen LogP contribution >= 0.6 is 0 Å². The predicted molar refractivity (Wildman–Crippen MR) is 104 cm³/mol. The zero-order valence-corrected chi connectivity index (χ0v) is 15.2. The SMILES string of the molecule is CCCc1ccc(NCC(=O)N2CCN(c3ccc(F)cc3)CC2)cc1. The minimum absolute atomic E-state index is 0.112. The number of carbonyl (C=O) groups excluding carboxylic acids is 1. The summed E-state index contributed by atoms with van der Waals surface area (Å²) in [5, 5.41) is 3.21. The van der Waals surface area contributed by atoms with E-state index in [1.54, 1.807) is 12.1 Å². The zero-order valence-electron chi connectivity index (χ0n) is 15.2. The van der Waals surface area contributed by atoms with E-state index < -0.39 is 0 Å². The van der Waals surface area contributed by atoms with Crippen molar-refractivity contribution in [2.24, 2.45) is 0 Å². The van der Waals surface area contributed by atoms with Crippen molar-refractivity contribution in [1.82, 2.24) is 4.90 Å². The molecule has 0 bridgehead atoms. The highest BCUT2D eigenvalue weighted by atomic mass is 19.1. The van der Waals surface area contributed by atoms with Crippen molar-refractivity contribution in [3.63, 3.8) is 0 Å². The summed E-state index contributed by atoms with van der Waals surface area (Å²) >= 11 is 0. The molecule has 0 radical (unpaired) electrons. The van der Waals surface area contributed by atoms with Crippen LogP contribution in [0.1, 0.15) is 18.9 Å². The molecule has 1 N–H and O–H groups in total. The third kappa shape index (κ3) is 4.75. The van der Waals surface area contributed by atoms with Gasteiger partial charge in [0.1, 0.15) is 5.82 Å². The zero-order chi connectivity index (χ0) is 18.4. The summed E-state index contributed by atoms with van der Waals surface area (Å²) in [6, 6.07) is 14.8. The fourth-order valence-corrected chi connectivity index (χ4v) is 3.23. The Morgan fingerprint density at radius 3 is 2.27 bits per heavy atom. The van der Waals surface area contributed by atoms with E-state index in [-0.39, 0.29) is 11.7 Å². The van der Waals surface area contributed by atoms with Gasteiger partial charge in [-0.05, 0) is 48.4 Å². The van der Waals surface area contributed by atoms with E-state index in [1.165, 1.54) is 17.7 Å². The van der Waals surface area contributed by atoms with Crippen LogP contribution < -0.4 is 10.2 Å². The van der Waals surface area contributed by atoms with Crippen molar-refractivity contribution in [1.29, 1.82) is 0 Å². The summed E-state index contributed by atoms with van der Waals surface area (Å²) in [6.45, 7) is 5.39. The summed E-state index contributed by atoms with van der Waals surface area (Å²) in [5.74, 6) is -0.113. The van der Waals surface area contributed by atoms with Gasteiger partial charge in [-0.2, -0.15) is 0 Å². The van der Waals surface area contributed by atoms with Crippen molar-refractivity contribution in [3.05, 3.63) is 59.9 Å². The third-order valence-corrected chi connectivity index (χ3v) is 4.76. The van der Waals surface area contributed by atoms with Gasteiger partial charge in [-0.15, -0.1) is 0 Å². The van der Waals surface area contributed by atoms with Crippen LogP contribution in [0.3, 0.4) is 0 Å². The van der Waals surface area contributed by atoms with Crippen molar-refractivity contribution < 1.29 is 9.18 Å². The molecule has 26 heavy (non-hydrogen) atoms. The first-order valence-corrected chi connectivity index (χ1v) is 9.27. The first-order valence-electron chi connectivity index (χ1n) is 9.27. The molecule has 138 valence electrons. The fourth-order valence-electron chi connectivity index (χ4n) is 3.23. The van der Waals surface area contributed by atoms with Gasteiger partial charge in [0.25, 0.3) is 0 Å². The molecule has 0 unspecified atom stereocenters. The highest BCUT2D eigenvalue weighted by molar-refractivity contribution is 5.81. The van der Waals surface area contributed by atoms with Gasteiger partial charge in [-0.25, -0.2) is 4.39 Å². The number of halogens is 1. The molecule has 0 saturated carbocycles. The Morgan fingerprint density at radius 2 is 1.65 bits per heavy atom. The van der Waals surface area contributed by atoms with Crippen molar-refractivity contribution in [3.8, 4) is 0 Å². The van der Waals surface area contributed by atoms with Gasteiger partial charge >= 0.3 is 0 Å². The lowest BCUT2D eigenvalue weighted by Gasteiger charge is -2.36. The van der Waals surface area contributed by atoms with E-state index in [4.69, 9.17) is 0 Å². The molecule has 1 heterocycles. The molecule has 0 spiro atoms. The molecule has 1 saturated heterocycles. The lowest BCUT2D eigenvalue weighted by Crippen LogP contribution is -2.50. The van der Waals surface area contributed by atoms with Crippen LogP contribution in [0, 0.1) is 5.82 Å². The van der Waals surface area contributed by atoms with Crippen LogP contribution in [-0.4, -0.2) is 43.5 Å². The molecule has 1 aliphatic rings. The molecule has 0 aromatic heterocycles. The molecule has 1 amide bonds. The molecule has 1 aliphatic heterocycles. The van der Waals surface area contributed by atoms with Crippen LogP contribution in [0.2, 0.25) is 0 Å². The summed E-state index contributed by atoms with van der Waals surface area (Å²) in [5.41, 5.74) is 3.30. The van der Waals surface area contributed by atoms with Crippen LogP contribution in [0.15, 0.2) is 48.5 Å². The molecule has 2 aromatic rings. The second-order valence-corrected chi connectivity index (χ2v) is 6.64. The maximum Gasteiger partial charge on any atom is 0.241 e. The Kier molecular flexibility index (Phi) is 6.10. The van der Waals surface area contributed by atoms with Gasteiger partial charge in [0.15, 0.2) is 0 Å². The summed E-state index contributed by atoms with van der Waals surface area (Å²) in [6.07, 6.45) is 2.21. The molecule has 3 rings (SSSR count). The van der Waals surface area contributed by atoms with Crippen LogP contribution in [0.4, 0.5) is 15.8 Å². The molecule has 5 heteroatoms. The lowest BCUT2D eigenvalue weighted by molar-refractivity contribution is -0.129. The topological polar surface area (TPSA) is 35.6 Å². The van der Waals surface area contributed by atoms with Crippen molar-refractivity contribution in [2.75, 3.05) is 42.9 Å². The molecule has 0 aliphatic carbocycles.